The molecule has 0 heterocycles. The highest BCUT2D eigenvalue weighted by Gasteiger charge is 2.34. The van der Waals surface area contributed by atoms with E-state index in [0.29, 0.717) is 30.8 Å². The van der Waals surface area contributed by atoms with E-state index >= 15 is 0 Å². The molecule has 2 N–H and O–H groups in total. The number of nitrogens with one attached hydrogen (secondary N) is 1. The number of hydrogen-bond donors (Lipinski definition) is 2. The van der Waals surface area contributed by atoms with Gasteiger partial charge in [-0.25, -0.2) is 4.79 Å². The lowest BCUT2D eigenvalue weighted by Gasteiger charge is -2.37. The highest BCUT2D eigenvalue weighted by atomic mass is 16.5. The van der Waals surface area contributed by atoms with Gasteiger partial charge in [0.2, 0.25) is 0 Å². The lowest BCUT2D eigenvalue weighted by Crippen LogP contribution is -2.45. The van der Waals surface area contributed by atoms with Crippen LogP contribution in [0.3, 0.4) is 0 Å². The van der Waals surface area contributed by atoms with Gasteiger partial charge in [0, 0.05) is 5.54 Å². The molecular weight excluding hydrogens is 354 g/mol. The second-order valence-electron chi connectivity index (χ2n) is 8.25. The van der Waals surface area contributed by atoms with Gasteiger partial charge in [-0.05, 0) is 56.4 Å². The topological polar surface area (TPSA) is 67.8 Å². The highest BCUT2D eigenvalue weighted by Crippen LogP contribution is 2.38. The van der Waals surface area contributed by atoms with Crippen LogP contribution < -0.4 is 10.1 Å². The van der Waals surface area contributed by atoms with Crippen molar-refractivity contribution in [1.29, 1.82) is 0 Å². The minimum Gasteiger partial charge on any atom is -0.488 e. The number of ether oxygens (including phenoxy) is 2. The summed E-state index contributed by atoms with van der Waals surface area (Å²) in [7, 11) is 1.38. The van der Waals surface area contributed by atoms with Crippen LogP contribution in [0.15, 0.2) is 42.5 Å². The quantitative estimate of drug-likeness (QED) is 0.769. The lowest BCUT2D eigenvalue weighted by atomic mass is 9.81. The van der Waals surface area contributed by atoms with Crippen LogP contribution in [0.1, 0.15) is 60.3 Å². The molecule has 1 aliphatic rings. The van der Waals surface area contributed by atoms with Gasteiger partial charge in [0.25, 0.3) is 0 Å². The van der Waals surface area contributed by atoms with Gasteiger partial charge in [-0.1, -0.05) is 36.4 Å². The van der Waals surface area contributed by atoms with E-state index < -0.39 is 12.1 Å². The van der Waals surface area contributed by atoms with Gasteiger partial charge in [0.05, 0.1) is 19.3 Å². The van der Waals surface area contributed by atoms with Gasteiger partial charge in [-0.2, -0.15) is 0 Å². The average Bonchev–Trinajstić information content (AvgIpc) is 2.67. The maximum absolute atomic E-state index is 12.6. The Morgan fingerprint density at radius 2 is 1.89 bits per heavy atom. The van der Waals surface area contributed by atoms with E-state index in [1.54, 1.807) is 0 Å². The van der Waals surface area contributed by atoms with Crippen LogP contribution in [0.25, 0.3) is 0 Å². The van der Waals surface area contributed by atoms with Crippen LogP contribution in [0, 0.1) is 0 Å². The number of esters is 1. The average molecular weight is 383 g/mol. The van der Waals surface area contributed by atoms with Crippen molar-refractivity contribution in [2.24, 2.45) is 0 Å². The number of rotatable bonds is 5. The Balaban J connectivity index is 1.98. The second-order valence-corrected chi connectivity index (χ2v) is 8.25. The van der Waals surface area contributed by atoms with E-state index in [4.69, 9.17) is 9.47 Å². The molecule has 0 saturated heterocycles. The first kappa shape index (κ1) is 20.4. The van der Waals surface area contributed by atoms with Crippen LogP contribution in [0.4, 0.5) is 0 Å². The van der Waals surface area contributed by atoms with Crippen molar-refractivity contribution in [2.75, 3.05) is 7.11 Å². The first-order chi connectivity index (χ1) is 13.3. The maximum atomic E-state index is 12.6. The van der Waals surface area contributed by atoms with Crippen molar-refractivity contribution in [2.45, 2.75) is 57.9 Å². The van der Waals surface area contributed by atoms with Crippen LogP contribution in [0.2, 0.25) is 0 Å². The van der Waals surface area contributed by atoms with Gasteiger partial charge in [-0.15, -0.1) is 0 Å². The van der Waals surface area contributed by atoms with Gasteiger partial charge in [0.15, 0.2) is 0 Å². The van der Waals surface area contributed by atoms with E-state index in [2.05, 4.69) is 26.1 Å². The molecule has 0 aliphatic heterocycles. The minimum absolute atomic E-state index is 0.172. The fourth-order valence-corrected chi connectivity index (χ4v) is 3.69. The number of aliphatic hydroxyl groups is 1. The molecule has 5 heteroatoms. The van der Waals surface area contributed by atoms with Crippen molar-refractivity contribution < 1.29 is 19.4 Å². The summed E-state index contributed by atoms with van der Waals surface area (Å²) in [5.74, 6) is 0.103. The number of carbonyl (C=O) groups is 1. The smallest absolute Gasteiger partial charge is 0.341 e. The molecule has 2 unspecified atom stereocenters. The molecule has 150 valence electrons. The Hall–Kier alpha value is -2.37. The summed E-state index contributed by atoms with van der Waals surface area (Å²) in [5, 5.41) is 14.1. The summed E-state index contributed by atoms with van der Waals surface area (Å²) in [6, 6.07) is 13.3. The SMILES string of the molecule is COC(=O)c1c(OCc2ccccc2)ccc2c1CCC(O)C2NC(C)(C)C. The number of benzene rings is 2. The molecule has 2 aromatic carbocycles. The molecule has 3 rings (SSSR count). The van der Waals surface area contributed by atoms with Gasteiger partial charge < -0.3 is 19.9 Å². The second kappa shape index (κ2) is 8.33. The Kier molecular flexibility index (Phi) is 6.06. The Morgan fingerprint density at radius 3 is 2.54 bits per heavy atom. The number of carbonyl (C=O) groups excluding carboxylic acids is 1. The fraction of sp³-hybridized carbons (Fsp3) is 0.435. The minimum atomic E-state index is -0.506. The summed E-state index contributed by atoms with van der Waals surface area (Å²) >= 11 is 0. The van der Waals surface area contributed by atoms with Crippen LogP contribution in [-0.4, -0.2) is 29.8 Å². The number of aliphatic hydroxyl groups excluding tert-OH is 1. The van der Waals surface area contributed by atoms with Crippen LogP contribution in [0.5, 0.6) is 5.75 Å². The molecule has 5 nitrogen and oxygen atoms in total. The molecule has 2 aromatic rings. The van der Waals surface area contributed by atoms with E-state index in [1.165, 1.54) is 7.11 Å². The Bertz CT molecular complexity index is 826. The molecule has 28 heavy (non-hydrogen) atoms. The first-order valence-electron chi connectivity index (χ1n) is 9.66. The summed E-state index contributed by atoms with van der Waals surface area (Å²) < 4.78 is 11.0. The molecule has 0 saturated carbocycles. The van der Waals surface area contributed by atoms with Gasteiger partial charge >= 0.3 is 5.97 Å². The van der Waals surface area contributed by atoms with Crippen molar-refractivity contribution >= 4 is 5.97 Å². The fourth-order valence-electron chi connectivity index (χ4n) is 3.69. The number of methoxy groups -OCH3 is 1. The maximum Gasteiger partial charge on any atom is 0.341 e. The van der Waals surface area contributed by atoms with Gasteiger partial charge in [-0.3, -0.25) is 0 Å². The van der Waals surface area contributed by atoms with Crippen molar-refractivity contribution in [3.63, 3.8) is 0 Å². The number of hydrogen-bond acceptors (Lipinski definition) is 5. The monoisotopic (exact) mass is 383 g/mol. The summed E-state index contributed by atoms with van der Waals surface area (Å²) in [6.45, 7) is 6.56. The third-order valence-electron chi connectivity index (χ3n) is 4.94. The summed E-state index contributed by atoms with van der Waals surface area (Å²) in [6.07, 6.45) is 0.673. The van der Waals surface area contributed by atoms with Crippen LogP contribution in [-0.2, 0) is 17.8 Å². The predicted octanol–water partition coefficient (Wildman–Crippen LogP) is 3.79. The Morgan fingerprint density at radius 1 is 1.18 bits per heavy atom. The third kappa shape index (κ3) is 4.54. The van der Waals surface area contributed by atoms with E-state index in [0.717, 1.165) is 16.7 Å². The van der Waals surface area contributed by atoms with Crippen molar-refractivity contribution in [3.8, 4) is 5.75 Å². The van der Waals surface area contributed by atoms with Crippen molar-refractivity contribution in [1.82, 2.24) is 5.32 Å². The van der Waals surface area contributed by atoms with E-state index in [9.17, 15) is 9.90 Å². The molecule has 0 aromatic heterocycles. The molecule has 0 bridgehead atoms. The lowest BCUT2D eigenvalue weighted by molar-refractivity contribution is 0.0589. The van der Waals surface area contributed by atoms with Crippen molar-refractivity contribution in [3.05, 3.63) is 64.7 Å². The van der Waals surface area contributed by atoms with Crippen LogP contribution >= 0.6 is 0 Å². The molecular formula is C23H29NO4. The van der Waals surface area contributed by atoms with E-state index in [1.807, 2.05) is 42.5 Å². The third-order valence-corrected chi connectivity index (χ3v) is 4.94. The largest absolute Gasteiger partial charge is 0.488 e. The van der Waals surface area contributed by atoms with Gasteiger partial charge in [0.1, 0.15) is 17.9 Å². The molecule has 1 aliphatic carbocycles. The molecule has 0 radical (unpaired) electrons. The highest BCUT2D eigenvalue weighted by molar-refractivity contribution is 5.94. The zero-order valence-corrected chi connectivity index (χ0v) is 17.0. The zero-order valence-electron chi connectivity index (χ0n) is 17.0. The molecule has 0 fully saturated rings. The van der Waals surface area contributed by atoms with E-state index in [-0.39, 0.29) is 11.6 Å². The summed E-state index contributed by atoms with van der Waals surface area (Å²) in [5.41, 5.74) is 3.14. The molecule has 2 atom stereocenters. The summed E-state index contributed by atoms with van der Waals surface area (Å²) in [4.78, 5) is 12.6. The Labute approximate surface area is 166 Å². The molecule has 0 amide bonds. The zero-order chi connectivity index (χ0) is 20.3. The molecule has 0 spiro atoms. The predicted molar refractivity (Wildman–Crippen MR) is 109 cm³/mol. The normalized spacial score (nSPS) is 19.0. The number of fused-ring (bicyclic) bond motifs is 1. The standard InChI is InChI=1S/C23H29NO4/c1-23(2,3)24-21-17-11-13-19(28-14-15-8-6-5-7-9-15)20(22(26)27-4)16(17)10-12-18(21)25/h5-9,11,13,18,21,24-25H,10,12,14H2,1-4H3. The first-order valence-corrected chi connectivity index (χ1v) is 9.66.